The molecule has 0 spiro atoms. The van der Waals surface area contributed by atoms with Crippen LogP contribution in [0, 0.1) is 0 Å². The van der Waals surface area contributed by atoms with Gasteiger partial charge in [-0.2, -0.15) is 0 Å². The Labute approximate surface area is 98.3 Å². The molecule has 0 amide bonds. The monoisotopic (exact) mass is 240 g/mol. The molecule has 6 radical (unpaired) electrons. The first-order chi connectivity index (χ1) is 7.45. The third-order valence-corrected chi connectivity index (χ3v) is 7.62. The van der Waals surface area contributed by atoms with Gasteiger partial charge < -0.3 is 0 Å². The normalized spacial score (nSPS) is 21.6. The molecule has 0 N–H and O–H groups in total. The van der Waals surface area contributed by atoms with Gasteiger partial charge in [0.05, 0.1) is 0 Å². The summed E-state index contributed by atoms with van der Waals surface area (Å²) in [6, 6.07) is 8.57. The Kier molecular flexibility index (Phi) is 1.90. The Morgan fingerprint density at radius 1 is 0.400 bits per heavy atom. The highest BCUT2D eigenvalue weighted by Gasteiger charge is 2.30. The molecule has 0 fully saturated rings. The topological polar surface area (TPSA) is 0 Å². The molecule has 72 valence electrons. The molecule has 4 rings (SSSR count). The summed E-state index contributed by atoms with van der Waals surface area (Å²) < 4.78 is 0. The summed E-state index contributed by atoms with van der Waals surface area (Å²) in [5.41, 5.74) is 11.0. The minimum atomic E-state index is 1.20. The third kappa shape index (κ3) is 1.11. The number of rotatable bonds is 0. The lowest BCUT2D eigenvalue weighted by Crippen LogP contribution is -2.01. The highest BCUT2D eigenvalue weighted by molar-refractivity contribution is 6.40. The molecule has 0 aromatic heterocycles. The summed E-state index contributed by atoms with van der Waals surface area (Å²) in [6.07, 6.45) is 0. The SMILES string of the molecule is C1[Si]Cc2c1c1c(c3c2C[Si]C3)C[Si]C1. The van der Waals surface area contributed by atoms with Gasteiger partial charge in [-0.1, -0.05) is 0 Å². The Balaban J connectivity index is 2.08. The summed E-state index contributed by atoms with van der Waals surface area (Å²) in [4.78, 5) is 0. The zero-order valence-electron chi connectivity index (χ0n) is 8.74. The fourth-order valence-electron chi connectivity index (χ4n) is 3.31. The Bertz CT molecular complexity index is 325. The Hall–Kier alpha value is -0.129. The standard InChI is InChI=1S/C12H12Si3/c1-7-8(2-13-1)10-4-15-6-12(10)11-5-14-3-9(7)11/h1-6H2. The number of benzene rings is 1. The molecule has 3 heterocycles. The van der Waals surface area contributed by atoms with Gasteiger partial charge in [0.2, 0.25) is 0 Å². The zero-order valence-corrected chi connectivity index (χ0v) is 11.7. The highest BCUT2D eigenvalue weighted by Crippen LogP contribution is 2.37. The predicted octanol–water partition coefficient (Wildman–Crippen LogP) is 0.840. The van der Waals surface area contributed by atoms with E-state index >= 15 is 0 Å². The van der Waals surface area contributed by atoms with E-state index in [1.54, 1.807) is 0 Å². The Morgan fingerprint density at radius 2 is 0.600 bits per heavy atom. The van der Waals surface area contributed by atoms with E-state index in [0.29, 0.717) is 0 Å². The van der Waals surface area contributed by atoms with Crippen LogP contribution in [0.15, 0.2) is 0 Å². The predicted molar refractivity (Wildman–Crippen MR) is 65.9 cm³/mol. The van der Waals surface area contributed by atoms with Crippen molar-refractivity contribution in [3.05, 3.63) is 33.4 Å². The van der Waals surface area contributed by atoms with Crippen molar-refractivity contribution >= 4 is 28.6 Å². The summed E-state index contributed by atoms with van der Waals surface area (Å²) in [5.74, 6) is 0. The van der Waals surface area contributed by atoms with E-state index in [-0.39, 0.29) is 0 Å². The molecule has 0 aliphatic carbocycles. The van der Waals surface area contributed by atoms with Crippen molar-refractivity contribution in [3.8, 4) is 0 Å². The second-order valence-corrected chi connectivity index (χ2v) is 8.30. The fraction of sp³-hybridized carbons (Fsp3) is 0.500. The first-order valence-electron chi connectivity index (χ1n) is 5.74. The summed E-state index contributed by atoms with van der Waals surface area (Å²) in [7, 11) is 3.60. The van der Waals surface area contributed by atoms with Crippen molar-refractivity contribution in [2.75, 3.05) is 0 Å². The molecule has 1 aromatic rings. The lowest BCUT2D eigenvalue weighted by molar-refractivity contribution is 1.14. The zero-order chi connectivity index (χ0) is 9.83. The highest BCUT2D eigenvalue weighted by atomic mass is 28.2. The molecule has 15 heavy (non-hydrogen) atoms. The van der Waals surface area contributed by atoms with Crippen LogP contribution in [0.5, 0.6) is 0 Å². The van der Waals surface area contributed by atoms with Crippen LogP contribution in [0.4, 0.5) is 0 Å². The smallest absolute Gasteiger partial charge is 0.0447 e. The molecular formula is C12H12Si3. The first kappa shape index (κ1) is 8.96. The van der Waals surface area contributed by atoms with E-state index < -0.39 is 0 Å². The van der Waals surface area contributed by atoms with Crippen LogP contribution in [-0.4, -0.2) is 28.6 Å². The van der Waals surface area contributed by atoms with E-state index in [9.17, 15) is 0 Å². The third-order valence-electron chi connectivity index (χ3n) is 4.00. The number of hydrogen-bond donors (Lipinski definition) is 0. The van der Waals surface area contributed by atoms with Gasteiger partial charge >= 0.3 is 0 Å². The van der Waals surface area contributed by atoms with Gasteiger partial charge in [-0.3, -0.25) is 0 Å². The maximum atomic E-state index is 1.83. The van der Waals surface area contributed by atoms with Crippen LogP contribution in [0.2, 0.25) is 0 Å². The van der Waals surface area contributed by atoms with Gasteiger partial charge in [0.25, 0.3) is 0 Å². The van der Waals surface area contributed by atoms with Crippen LogP contribution >= 0.6 is 0 Å². The molecule has 3 aliphatic rings. The van der Waals surface area contributed by atoms with Crippen molar-refractivity contribution in [1.29, 1.82) is 0 Å². The summed E-state index contributed by atoms with van der Waals surface area (Å²) >= 11 is 0. The molecule has 0 atom stereocenters. The molecule has 0 nitrogen and oxygen atoms in total. The molecule has 0 unspecified atom stereocenters. The molecule has 3 heteroatoms. The van der Waals surface area contributed by atoms with Gasteiger partial charge in [-0.05, 0) is 69.6 Å². The maximum absolute atomic E-state index is 1.83. The molecule has 0 saturated carbocycles. The van der Waals surface area contributed by atoms with E-state index in [4.69, 9.17) is 0 Å². The number of fused-ring (bicyclic) bond motifs is 6. The van der Waals surface area contributed by atoms with Gasteiger partial charge in [-0.25, -0.2) is 0 Å². The largest absolute Gasteiger partial charge is 0.0478 e. The van der Waals surface area contributed by atoms with Crippen LogP contribution in [-0.2, 0) is 36.3 Å². The van der Waals surface area contributed by atoms with Gasteiger partial charge in [0.1, 0.15) is 0 Å². The van der Waals surface area contributed by atoms with Crippen LogP contribution in [0.3, 0.4) is 0 Å². The van der Waals surface area contributed by atoms with Crippen molar-refractivity contribution in [3.63, 3.8) is 0 Å². The van der Waals surface area contributed by atoms with Gasteiger partial charge in [-0.15, -0.1) is 0 Å². The van der Waals surface area contributed by atoms with Crippen molar-refractivity contribution in [1.82, 2.24) is 0 Å². The quantitative estimate of drug-likeness (QED) is 0.590. The average molecular weight is 240 g/mol. The van der Waals surface area contributed by atoms with Crippen LogP contribution < -0.4 is 0 Å². The fourth-order valence-corrected chi connectivity index (χ4v) is 7.75. The molecule has 0 saturated heterocycles. The second kappa shape index (κ2) is 3.18. The van der Waals surface area contributed by atoms with Crippen molar-refractivity contribution in [2.45, 2.75) is 36.3 Å². The molecule has 3 aliphatic heterocycles. The minimum Gasteiger partial charge on any atom is -0.0447 e. The van der Waals surface area contributed by atoms with E-state index in [1.807, 2.05) is 33.4 Å². The van der Waals surface area contributed by atoms with Crippen LogP contribution in [0.25, 0.3) is 0 Å². The molecule has 1 aromatic carbocycles. The van der Waals surface area contributed by atoms with Gasteiger partial charge in [0, 0.05) is 28.6 Å². The lowest BCUT2D eigenvalue weighted by atomic mass is 9.90. The minimum absolute atomic E-state index is 1.20. The second-order valence-electron chi connectivity index (χ2n) is 4.68. The average Bonchev–Trinajstić information content (AvgIpc) is 2.97. The van der Waals surface area contributed by atoms with E-state index in [0.717, 1.165) is 0 Å². The molecular weight excluding hydrogens is 228 g/mol. The number of hydrogen-bond acceptors (Lipinski definition) is 0. The van der Waals surface area contributed by atoms with Crippen molar-refractivity contribution < 1.29 is 0 Å². The van der Waals surface area contributed by atoms with Crippen molar-refractivity contribution in [2.24, 2.45) is 0 Å². The van der Waals surface area contributed by atoms with Gasteiger partial charge in [0.15, 0.2) is 0 Å². The summed E-state index contributed by atoms with van der Waals surface area (Å²) in [6.45, 7) is 0. The summed E-state index contributed by atoms with van der Waals surface area (Å²) in [5, 5.41) is 0. The first-order valence-corrected chi connectivity index (χ1v) is 9.99. The lowest BCUT2D eigenvalue weighted by Gasteiger charge is -2.15. The van der Waals surface area contributed by atoms with E-state index in [1.165, 1.54) is 64.8 Å². The Morgan fingerprint density at radius 3 is 0.800 bits per heavy atom. The maximum Gasteiger partial charge on any atom is 0.0478 e. The molecule has 0 bridgehead atoms. The van der Waals surface area contributed by atoms with E-state index in [2.05, 4.69) is 0 Å². The van der Waals surface area contributed by atoms with Crippen LogP contribution in [0.1, 0.15) is 33.4 Å².